The Morgan fingerprint density at radius 3 is 2.83 bits per heavy atom. The van der Waals surface area contributed by atoms with Crippen molar-refractivity contribution >= 4 is 5.78 Å². The number of carbonyl (C=O) groups is 1. The Bertz CT molecular complexity index is 456. The molecular formula is C15H21NO2. The maximum absolute atomic E-state index is 12.3. The molecule has 0 saturated heterocycles. The summed E-state index contributed by atoms with van der Waals surface area (Å²) in [5.41, 5.74) is 2.06. The van der Waals surface area contributed by atoms with Gasteiger partial charge in [-0.3, -0.25) is 4.79 Å². The maximum Gasteiger partial charge on any atom is 0.143 e. The van der Waals surface area contributed by atoms with E-state index in [0.717, 1.165) is 30.7 Å². The lowest BCUT2D eigenvalue weighted by atomic mass is 9.68. The first-order valence-corrected chi connectivity index (χ1v) is 6.47. The molecule has 1 N–H and O–H groups in total. The van der Waals surface area contributed by atoms with Crippen LogP contribution in [0.15, 0.2) is 18.2 Å². The molecular weight excluding hydrogens is 226 g/mol. The molecule has 1 atom stereocenters. The van der Waals surface area contributed by atoms with E-state index in [4.69, 9.17) is 4.74 Å². The predicted molar refractivity (Wildman–Crippen MR) is 72.2 cm³/mol. The second-order valence-corrected chi connectivity index (χ2v) is 5.13. The normalized spacial score (nSPS) is 22.7. The van der Waals surface area contributed by atoms with E-state index in [1.54, 1.807) is 7.11 Å². The summed E-state index contributed by atoms with van der Waals surface area (Å²) in [6.45, 7) is 2.91. The number of hydrogen-bond donors (Lipinski definition) is 1. The number of rotatable bonds is 4. The Balaban J connectivity index is 2.44. The van der Waals surface area contributed by atoms with Crippen molar-refractivity contribution < 1.29 is 9.53 Å². The van der Waals surface area contributed by atoms with Crippen LogP contribution in [0.5, 0.6) is 5.75 Å². The van der Waals surface area contributed by atoms with Crippen LogP contribution in [0.25, 0.3) is 0 Å². The Morgan fingerprint density at radius 2 is 2.17 bits per heavy atom. The molecule has 0 spiro atoms. The van der Waals surface area contributed by atoms with E-state index in [0.29, 0.717) is 12.2 Å². The summed E-state index contributed by atoms with van der Waals surface area (Å²) in [5.74, 6) is 1.18. The van der Waals surface area contributed by atoms with Crippen molar-refractivity contribution in [2.24, 2.45) is 0 Å². The van der Waals surface area contributed by atoms with Gasteiger partial charge in [-0.15, -0.1) is 0 Å². The van der Waals surface area contributed by atoms with Gasteiger partial charge in [0.2, 0.25) is 0 Å². The second-order valence-electron chi connectivity index (χ2n) is 5.13. The van der Waals surface area contributed by atoms with Gasteiger partial charge < -0.3 is 10.1 Å². The van der Waals surface area contributed by atoms with E-state index in [1.165, 1.54) is 5.56 Å². The van der Waals surface area contributed by atoms with Gasteiger partial charge in [-0.05, 0) is 56.6 Å². The molecule has 0 heterocycles. The molecule has 1 unspecified atom stereocenters. The molecule has 3 heteroatoms. The van der Waals surface area contributed by atoms with Gasteiger partial charge in [0.15, 0.2) is 0 Å². The molecule has 1 aliphatic carbocycles. The van der Waals surface area contributed by atoms with E-state index in [9.17, 15) is 4.79 Å². The fourth-order valence-electron chi connectivity index (χ4n) is 2.74. The van der Waals surface area contributed by atoms with Crippen molar-refractivity contribution in [3.8, 4) is 5.75 Å². The summed E-state index contributed by atoms with van der Waals surface area (Å²) in [4.78, 5) is 12.3. The lowest BCUT2D eigenvalue weighted by molar-refractivity contribution is -0.124. The van der Waals surface area contributed by atoms with Crippen molar-refractivity contribution in [2.45, 2.75) is 31.6 Å². The lowest BCUT2D eigenvalue weighted by Crippen LogP contribution is -2.39. The fourth-order valence-corrected chi connectivity index (χ4v) is 2.74. The number of methoxy groups -OCH3 is 1. The zero-order valence-corrected chi connectivity index (χ0v) is 11.4. The third-order valence-corrected chi connectivity index (χ3v) is 4.02. The molecule has 98 valence electrons. The Labute approximate surface area is 109 Å². The summed E-state index contributed by atoms with van der Waals surface area (Å²) in [6, 6.07) is 6.10. The lowest BCUT2D eigenvalue weighted by Gasteiger charge is -2.35. The highest BCUT2D eigenvalue weighted by atomic mass is 16.5. The van der Waals surface area contributed by atoms with Crippen molar-refractivity contribution in [1.29, 1.82) is 0 Å². The number of fused-ring (bicyclic) bond motifs is 1. The SMILES string of the molecule is CNCCC1(C)C(=O)CCc2ccc(OC)cc21. The Kier molecular flexibility index (Phi) is 3.71. The molecule has 0 amide bonds. The van der Waals surface area contributed by atoms with Crippen molar-refractivity contribution in [3.63, 3.8) is 0 Å². The minimum absolute atomic E-state index is 0.346. The van der Waals surface area contributed by atoms with Crippen LogP contribution in [0.2, 0.25) is 0 Å². The average molecular weight is 247 g/mol. The van der Waals surface area contributed by atoms with Crippen LogP contribution in [0.1, 0.15) is 30.9 Å². The summed E-state index contributed by atoms with van der Waals surface area (Å²) < 4.78 is 5.29. The minimum Gasteiger partial charge on any atom is -0.497 e. The molecule has 0 radical (unpaired) electrons. The summed E-state index contributed by atoms with van der Waals surface area (Å²) in [7, 11) is 3.58. The monoisotopic (exact) mass is 247 g/mol. The summed E-state index contributed by atoms with van der Waals surface area (Å²) >= 11 is 0. The third kappa shape index (κ3) is 2.15. The molecule has 1 aromatic rings. The van der Waals surface area contributed by atoms with E-state index in [1.807, 2.05) is 19.2 Å². The van der Waals surface area contributed by atoms with Gasteiger partial charge in [0.25, 0.3) is 0 Å². The zero-order chi connectivity index (χ0) is 13.2. The first-order valence-electron chi connectivity index (χ1n) is 6.47. The first kappa shape index (κ1) is 13.1. The van der Waals surface area contributed by atoms with E-state index >= 15 is 0 Å². The van der Waals surface area contributed by atoms with Gasteiger partial charge in [0, 0.05) is 6.42 Å². The molecule has 0 fully saturated rings. The van der Waals surface area contributed by atoms with Crippen LogP contribution >= 0.6 is 0 Å². The topological polar surface area (TPSA) is 38.3 Å². The van der Waals surface area contributed by atoms with Crippen molar-refractivity contribution in [1.82, 2.24) is 5.32 Å². The highest BCUT2D eigenvalue weighted by Crippen LogP contribution is 2.38. The van der Waals surface area contributed by atoms with Gasteiger partial charge in [0.1, 0.15) is 11.5 Å². The third-order valence-electron chi connectivity index (χ3n) is 4.02. The molecule has 2 rings (SSSR count). The zero-order valence-electron chi connectivity index (χ0n) is 11.4. The average Bonchev–Trinajstić information content (AvgIpc) is 2.41. The van der Waals surface area contributed by atoms with E-state index < -0.39 is 0 Å². The molecule has 0 aromatic heterocycles. The number of ether oxygens (including phenoxy) is 1. The number of aryl methyl sites for hydroxylation is 1. The smallest absolute Gasteiger partial charge is 0.143 e. The maximum atomic E-state index is 12.3. The number of carbonyl (C=O) groups excluding carboxylic acids is 1. The van der Waals surface area contributed by atoms with Crippen LogP contribution in [0.4, 0.5) is 0 Å². The molecule has 0 aliphatic heterocycles. The Hall–Kier alpha value is -1.35. The van der Waals surface area contributed by atoms with Crippen LogP contribution < -0.4 is 10.1 Å². The van der Waals surface area contributed by atoms with Gasteiger partial charge in [-0.25, -0.2) is 0 Å². The van der Waals surface area contributed by atoms with Crippen LogP contribution in [0, 0.1) is 0 Å². The minimum atomic E-state index is -0.370. The number of ketones is 1. The quantitative estimate of drug-likeness (QED) is 0.885. The highest BCUT2D eigenvalue weighted by Gasteiger charge is 2.38. The summed E-state index contributed by atoms with van der Waals surface area (Å²) in [5, 5.41) is 3.14. The molecule has 1 aliphatic rings. The van der Waals surface area contributed by atoms with Gasteiger partial charge in [0.05, 0.1) is 12.5 Å². The van der Waals surface area contributed by atoms with E-state index in [2.05, 4.69) is 18.3 Å². The first-order chi connectivity index (χ1) is 8.61. The number of benzene rings is 1. The van der Waals surface area contributed by atoms with Gasteiger partial charge in [-0.2, -0.15) is 0 Å². The molecule has 0 saturated carbocycles. The van der Waals surface area contributed by atoms with Crippen LogP contribution in [-0.2, 0) is 16.6 Å². The van der Waals surface area contributed by atoms with Crippen molar-refractivity contribution in [3.05, 3.63) is 29.3 Å². The number of Topliss-reactive ketones (excluding diaryl/α,β-unsaturated/α-hetero) is 1. The molecule has 18 heavy (non-hydrogen) atoms. The molecule has 0 bridgehead atoms. The fraction of sp³-hybridized carbons (Fsp3) is 0.533. The Morgan fingerprint density at radius 1 is 1.39 bits per heavy atom. The van der Waals surface area contributed by atoms with E-state index in [-0.39, 0.29) is 5.41 Å². The summed E-state index contributed by atoms with van der Waals surface area (Å²) in [6.07, 6.45) is 2.34. The van der Waals surface area contributed by atoms with Crippen LogP contribution in [-0.4, -0.2) is 26.5 Å². The van der Waals surface area contributed by atoms with Crippen LogP contribution in [0.3, 0.4) is 0 Å². The van der Waals surface area contributed by atoms with Crippen molar-refractivity contribution in [2.75, 3.05) is 20.7 Å². The highest BCUT2D eigenvalue weighted by molar-refractivity contribution is 5.92. The number of hydrogen-bond acceptors (Lipinski definition) is 3. The standard InChI is InChI=1S/C15H21NO2/c1-15(8-9-16-2)13-10-12(18-3)6-4-11(13)5-7-14(15)17/h4,6,10,16H,5,7-9H2,1-3H3. The largest absolute Gasteiger partial charge is 0.497 e. The van der Waals surface area contributed by atoms with Gasteiger partial charge in [-0.1, -0.05) is 6.07 Å². The van der Waals surface area contributed by atoms with Gasteiger partial charge >= 0.3 is 0 Å². The second kappa shape index (κ2) is 5.11. The molecule has 3 nitrogen and oxygen atoms in total. The molecule has 1 aromatic carbocycles. The number of nitrogens with one attached hydrogen (secondary N) is 1. The predicted octanol–water partition coefficient (Wildman–Crippen LogP) is 2.08.